The Morgan fingerprint density at radius 2 is 2.32 bits per heavy atom. The molecule has 2 aliphatic rings. The third-order valence-electron chi connectivity index (χ3n) is 4.22. The zero-order valence-electron chi connectivity index (χ0n) is 11.7. The van der Waals surface area contributed by atoms with Gasteiger partial charge < -0.3 is 9.64 Å². The van der Waals surface area contributed by atoms with Gasteiger partial charge in [0.05, 0.1) is 41.2 Å². The summed E-state index contributed by atoms with van der Waals surface area (Å²) in [5.41, 5.74) is 1.42. The molecule has 114 valence electrons. The van der Waals surface area contributed by atoms with Crippen molar-refractivity contribution < 1.29 is 9.53 Å². The maximum absolute atomic E-state index is 12.7. The van der Waals surface area contributed by atoms with E-state index >= 15 is 0 Å². The summed E-state index contributed by atoms with van der Waals surface area (Å²) in [6.45, 7) is 1.71. The van der Waals surface area contributed by atoms with Crippen molar-refractivity contribution in [1.82, 2.24) is 24.9 Å². The lowest BCUT2D eigenvalue weighted by Crippen LogP contribution is -2.50. The summed E-state index contributed by atoms with van der Waals surface area (Å²) in [6, 6.07) is 1.65. The average molecular weight is 320 g/mol. The van der Waals surface area contributed by atoms with Crippen LogP contribution in [0.4, 0.5) is 0 Å². The smallest absolute Gasteiger partial charge is 0.255 e. The zero-order chi connectivity index (χ0) is 15.1. The monoisotopic (exact) mass is 319 g/mol. The Kier molecular flexibility index (Phi) is 3.31. The van der Waals surface area contributed by atoms with E-state index in [1.165, 1.54) is 6.20 Å². The first-order valence-electron chi connectivity index (χ1n) is 7.13. The number of fused-ring (bicyclic) bond motifs is 3. The Morgan fingerprint density at radius 3 is 3.18 bits per heavy atom. The Balaban J connectivity index is 1.59. The highest BCUT2D eigenvalue weighted by Gasteiger charge is 2.38. The number of rotatable bonds is 1. The second kappa shape index (κ2) is 5.33. The molecule has 0 unspecified atom stereocenters. The first-order chi connectivity index (χ1) is 10.7. The van der Waals surface area contributed by atoms with E-state index in [2.05, 4.69) is 15.3 Å². The average Bonchev–Trinajstić information content (AvgIpc) is 3.03. The molecule has 0 radical (unpaired) electrons. The molecule has 2 atom stereocenters. The molecule has 2 aromatic rings. The molecule has 0 spiro atoms. The fraction of sp³-hybridized carbons (Fsp3) is 0.429. The minimum Gasteiger partial charge on any atom is -0.370 e. The van der Waals surface area contributed by atoms with Gasteiger partial charge in [0.25, 0.3) is 5.91 Å². The summed E-state index contributed by atoms with van der Waals surface area (Å²) in [5, 5.41) is 8.45. The van der Waals surface area contributed by atoms with Gasteiger partial charge in [-0.3, -0.25) is 9.78 Å². The van der Waals surface area contributed by atoms with Crippen LogP contribution in [-0.4, -0.2) is 50.0 Å². The second-order valence-electron chi connectivity index (χ2n) is 5.48. The van der Waals surface area contributed by atoms with E-state index < -0.39 is 0 Å². The van der Waals surface area contributed by atoms with E-state index in [1.807, 2.05) is 4.68 Å². The molecule has 0 aromatic carbocycles. The minimum absolute atomic E-state index is 0.00422. The van der Waals surface area contributed by atoms with Crippen LogP contribution in [0.25, 0.3) is 0 Å². The number of ether oxygens (including phenoxy) is 1. The summed E-state index contributed by atoms with van der Waals surface area (Å²) < 4.78 is 7.73. The molecule has 0 bridgehead atoms. The molecule has 8 heteroatoms. The number of amides is 1. The van der Waals surface area contributed by atoms with E-state index in [9.17, 15) is 4.79 Å². The number of likely N-dealkylation sites (tertiary alicyclic amines) is 1. The molecule has 1 saturated heterocycles. The first kappa shape index (κ1) is 13.7. The molecule has 4 rings (SSSR count). The van der Waals surface area contributed by atoms with Gasteiger partial charge in [0.15, 0.2) is 0 Å². The van der Waals surface area contributed by atoms with Crippen LogP contribution in [0.3, 0.4) is 0 Å². The molecule has 0 aliphatic carbocycles. The molecule has 1 amide bonds. The normalized spacial score (nSPS) is 23.8. The number of carbonyl (C=O) groups is 1. The Bertz CT molecular complexity index is 719. The maximum atomic E-state index is 12.7. The van der Waals surface area contributed by atoms with Crippen molar-refractivity contribution in [2.45, 2.75) is 25.2 Å². The van der Waals surface area contributed by atoms with Crippen molar-refractivity contribution in [3.8, 4) is 0 Å². The summed E-state index contributed by atoms with van der Waals surface area (Å²) in [5.74, 6) is -0.0851. The molecule has 2 aliphatic heterocycles. The van der Waals surface area contributed by atoms with Gasteiger partial charge >= 0.3 is 0 Å². The molecule has 0 saturated carbocycles. The third-order valence-corrected chi connectivity index (χ3v) is 4.52. The lowest BCUT2D eigenvalue weighted by Gasteiger charge is -2.41. The van der Waals surface area contributed by atoms with Gasteiger partial charge in [-0.2, -0.15) is 0 Å². The molecule has 7 nitrogen and oxygen atoms in total. The summed E-state index contributed by atoms with van der Waals surface area (Å²) in [7, 11) is 0. The lowest BCUT2D eigenvalue weighted by atomic mass is 9.99. The Morgan fingerprint density at radius 1 is 1.41 bits per heavy atom. The number of piperidine rings is 1. The predicted molar refractivity (Wildman–Crippen MR) is 77.4 cm³/mol. The number of hydrogen-bond donors (Lipinski definition) is 0. The van der Waals surface area contributed by atoms with Gasteiger partial charge in [-0.1, -0.05) is 16.8 Å². The first-order valence-corrected chi connectivity index (χ1v) is 7.51. The number of pyridine rings is 1. The van der Waals surface area contributed by atoms with Crippen molar-refractivity contribution in [1.29, 1.82) is 0 Å². The van der Waals surface area contributed by atoms with Crippen LogP contribution < -0.4 is 0 Å². The summed E-state index contributed by atoms with van der Waals surface area (Å²) in [4.78, 5) is 18.4. The van der Waals surface area contributed by atoms with Gasteiger partial charge in [-0.15, -0.1) is 5.10 Å². The number of carbonyl (C=O) groups excluding carboxylic acids is 1. The number of nitrogens with zero attached hydrogens (tertiary/aromatic N) is 5. The van der Waals surface area contributed by atoms with Crippen LogP contribution in [0.1, 0.15) is 28.5 Å². The van der Waals surface area contributed by atoms with Crippen molar-refractivity contribution in [2.24, 2.45) is 0 Å². The predicted octanol–water partition coefficient (Wildman–Crippen LogP) is 1.31. The summed E-state index contributed by atoms with van der Waals surface area (Å²) >= 11 is 6.08. The highest BCUT2D eigenvalue weighted by molar-refractivity contribution is 6.33. The van der Waals surface area contributed by atoms with Gasteiger partial charge in [0, 0.05) is 25.5 Å². The second-order valence-corrected chi connectivity index (χ2v) is 5.89. The van der Waals surface area contributed by atoms with Gasteiger partial charge in [-0.05, 0) is 12.5 Å². The van der Waals surface area contributed by atoms with E-state index in [4.69, 9.17) is 16.3 Å². The highest BCUT2D eigenvalue weighted by atomic mass is 35.5. The van der Waals surface area contributed by atoms with E-state index in [-0.39, 0.29) is 18.1 Å². The van der Waals surface area contributed by atoms with Crippen molar-refractivity contribution in [2.75, 3.05) is 13.1 Å². The van der Waals surface area contributed by atoms with Gasteiger partial charge in [0.2, 0.25) is 0 Å². The number of hydrogen-bond acceptors (Lipinski definition) is 5. The Labute approximate surface area is 131 Å². The quantitative estimate of drug-likeness (QED) is 0.792. The van der Waals surface area contributed by atoms with Crippen molar-refractivity contribution >= 4 is 17.5 Å². The van der Waals surface area contributed by atoms with Crippen LogP contribution in [0, 0.1) is 0 Å². The zero-order valence-corrected chi connectivity index (χ0v) is 12.5. The highest BCUT2D eigenvalue weighted by Crippen LogP contribution is 2.31. The van der Waals surface area contributed by atoms with E-state index in [1.54, 1.807) is 23.4 Å². The largest absolute Gasteiger partial charge is 0.370 e. The SMILES string of the molecule is O=C(c1ccncc1Cl)N1CC[C@@H]2OCc3cnnn3[C@@H]2C1. The van der Waals surface area contributed by atoms with Gasteiger partial charge in [0.1, 0.15) is 0 Å². The number of aromatic nitrogens is 4. The minimum atomic E-state index is -0.0851. The lowest BCUT2D eigenvalue weighted by molar-refractivity contribution is -0.0605. The van der Waals surface area contributed by atoms with E-state index in [0.29, 0.717) is 30.3 Å². The maximum Gasteiger partial charge on any atom is 0.255 e. The topological polar surface area (TPSA) is 73.1 Å². The Hall–Kier alpha value is -1.99. The molecule has 4 heterocycles. The molecule has 0 N–H and O–H groups in total. The van der Waals surface area contributed by atoms with Crippen molar-refractivity contribution in [3.63, 3.8) is 0 Å². The van der Waals surface area contributed by atoms with Crippen LogP contribution >= 0.6 is 11.6 Å². The van der Waals surface area contributed by atoms with Crippen molar-refractivity contribution in [3.05, 3.63) is 40.9 Å². The summed E-state index contributed by atoms with van der Waals surface area (Å²) in [6.07, 6.45) is 5.62. The molecular formula is C14H14ClN5O2. The molecule has 1 fully saturated rings. The van der Waals surface area contributed by atoms with Crippen LogP contribution in [-0.2, 0) is 11.3 Å². The number of halogens is 1. The van der Waals surface area contributed by atoms with Crippen LogP contribution in [0.15, 0.2) is 24.7 Å². The third kappa shape index (κ3) is 2.17. The van der Waals surface area contributed by atoms with E-state index in [0.717, 1.165) is 12.1 Å². The van der Waals surface area contributed by atoms with Crippen LogP contribution in [0.5, 0.6) is 0 Å². The fourth-order valence-electron chi connectivity index (χ4n) is 3.08. The molecule has 2 aromatic heterocycles. The van der Waals surface area contributed by atoms with Crippen LogP contribution in [0.2, 0.25) is 5.02 Å². The molecular weight excluding hydrogens is 306 g/mol. The van der Waals surface area contributed by atoms with Gasteiger partial charge in [-0.25, -0.2) is 4.68 Å². The fourth-order valence-corrected chi connectivity index (χ4v) is 3.28. The standard InChI is InChI=1S/C14H14ClN5O2/c15-11-6-16-3-1-10(11)14(21)19-4-2-13-12(7-19)20-9(8-22-13)5-17-18-20/h1,3,5-6,12-13H,2,4,7-8H2/t12-,13+/m1/s1. The molecule has 22 heavy (non-hydrogen) atoms.